The molecule has 122 heavy (non-hydrogen) atoms. The highest BCUT2D eigenvalue weighted by molar-refractivity contribution is 6.27. The van der Waals surface area contributed by atoms with Gasteiger partial charge in [-0.3, -0.25) is 19.2 Å². The molecular formula is C90H124Cl2N12O18. The molecule has 5 heterocycles. The molecule has 32 heteroatoms. The van der Waals surface area contributed by atoms with Crippen molar-refractivity contribution in [1.29, 1.82) is 0 Å². The normalized spacial score (nSPS) is 20.1. The molecule has 8 N–H and O–H groups in total. The molecule has 5 aromatic heterocycles. The molecule has 9 aromatic rings. The Hall–Kier alpha value is -10.7. The predicted octanol–water partition coefficient (Wildman–Crippen LogP) is 18.7. The molecule has 5 fully saturated rings. The van der Waals surface area contributed by atoms with Crippen LogP contribution >= 0.6 is 24.0 Å². The Bertz CT molecular complexity index is 4740. The Morgan fingerprint density at radius 1 is 0.500 bits per heavy atom. The largest absolute Gasteiger partial charge is 0.481 e. The quantitative estimate of drug-likeness (QED) is 0.0470. The number of halogens is 2. The number of fused-ring (bicyclic) bond motifs is 2. The standard InChI is InChI=1S/C24H23N3O3.C15H24N2O3.C14H9NO3.C12H22N2O3.C12H21NO4.C10H16N2O.C3H5ClO.ClH.H3N/c1-15-14-25-22(29-15)18-11-12-19(13-18)27(2)24(28)17-9-7-16(8-10-17)23-26-20-5-3-4-6-21(20)30-23;1-10-9-19-13(16-10)11-6-7-12(8-11)17(5)14(18)20-15(2,3)4;16-14(17)10-7-5-9(6-8-10)13-15-11-3-1-2-4-12(11)18-13;1-12(2,3)17-11(16)14(4)9-6-5-8(7-9)10(13)15;1-12(2,3)17-11(16)13(4)9-6-5-8(7-9)10(14)15;1-7-6-12-10(13-7)8-3-4-9(5-8)11-2;1-3(5)2-4;;/h3-10,14,18-19H,11-13H2,1-2H3;9,11-12H,6-8H2,1-5H3;1-8H,(H,16,17);8-9H,5-7H2,1-4H3,(H2,13,15);8-9H,5-7H2,1-4H3,(H,14,15);6,8-9,11H,3-5H2,1-2H3;2H2,1H3;1H;1H3. The van der Waals surface area contributed by atoms with Crippen LogP contribution in [0.2, 0.25) is 0 Å². The van der Waals surface area contributed by atoms with Crippen molar-refractivity contribution in [3.05, 3.63) is 162 Å². The molecule has 5 aliphatic rings. The van der Waals surface area contributed by atoms with E-state index in [0.29, 0.717) is 54.5 Å². The number of aliphatic carboxylic acids is 1. The summed E-state index contributed by atoms with van der Waals surface area (Å²) >= 11 is 4.99. The third-order valence-corrected chi connectivity index (χ3v) is 21.6. The van der Waals surface area contributed by atoms with E-state index in [1.165, 1.54) is 36.8 Å². The second kappa shape index (κ2) is 45.4. The van der Waals surface area contributed by atoms with Crippen LogP contribution in [0.5, 0.6) is 0 Å². The van der Waals surface area contributed by atoms with Gasteiger partial charge in [0.2, 0.25) is 17.7 Å². The number of nitrogens with zero attached hydrogens (tertiary/aromatic N) is 9. The van der Waals surface area contributed by atoms with E-state index in [4.69, 9.17) is 63.8 Å². The summed E-state index contributed by atoms with van der Waals surface area (Å²) < 4.78 is 44.0. The molecule has 10 unspecified atom stereocenters. The van der Waals surface area contributed by atoms with Crippen LogP contribution in [0.25, 0.3) is 45.1 Å². The zero-order valence-electron chi connectivity index (χ0n) is 73.6. The maximum absolute atomic E-state index is 13.0. The van der Waals surface area contributed by atoms with E-state index in [1.54, 1.807) is 48.5 Å². The van der Waals surface area contributed by atoms with Crippen molar-refractivity contribution in [2.24, 2.45) is 17.6 Å². The van der Waals surface area contributed by atoms with Crippen molar-refractivity contribution < 1.29 is 84.9 Å². The van der Waals surface area contributed by atoms with E-state index in [0.717, 1.165) is 132 Å². The lowest BCUT2D eigenvalue weighted by atomic mass is 10.1. The van der Waals surface area contributed by atoms with Crippen LogP contribution in [0.3, 0.4) is 0 Å². The third kappa shape index (κ3) is 30.1. The zero-order valence-corrected chi connectivity index (χ0v) is 75.2. The summed E-state index contributed by atoms with van der Waals surface area (Å²) in [4.78, 5) is 120. The minimum atomic E-state index is -0.945. The monoisotopic (exact) mass is 1730 g/mol. The van der Waals surface area contributed by atoms with Crippen molar-refractivity contribution in [2.45, 2.75) is 251 Å². The Labute approximate surface area is 725 Å². The molecule has 5 amide bonds. The van der Waals surface area contributed by atoms with Crippen LogP contribution in [0.15, 0.2) is 138 Å². The number of oxazole rings is 5. The molecule has 30 nitrogen and oxygen atoms in total. The molecule has 0 saturated heterocycles. The molecule has 0 bridgehead atoms. The second-order valence-corrected chi connectivity index (χ2v) is 34.6. The van der Waals surface area contributed by atoms with Crippen LogP contribution in [0.1, 0.15) is 239 Å². The number of ketones is 1. The summed E-state index contributed by atoms with van der Waals surface area (Å²) in [6.07, 6.45) is 17.6. The number of aryl methyl sites for hydroxylation is 3. The summed E-state index contributed by atoms with van der Waals surface area (Å²) in [5.41, 5.74) is 10.3. The topological polar surface area (TPSA) is 421 Å². The summed E-state index contributed by atoms with van der Waals surface area (Å²) in [6.45, 7) is 23.8. The fraction of sp³-hybridized carbons (Fsp3) is 0.522. The van der Waals surface area contributed by atoms with Gasteiger partial charge in [-0.05, 0) is 266 Å². The number of amides is 5. The van der Waals surface area contributed by atoms with E-state index in [-0.39, 0.29) is 108 Å². The van der Waals surface area contributed by atoms with Crippen LogP contribution in [-0.4, -0.2) is 191 Å². The molecule has 14 rings (SSSR count). The first-order valence-electron chi connectivity index (χ1n) is 40.9. The first-order valence-corrected chi connectivity index (χ1v) is 41.4. The summed E-state index contributed by atoms with van der Waals surface area (Å²) in [6, 6.07) is 30.1. The number of rotatable bonds is 15. The molecule has 4 aromatic carbocycles. The Morgan fingerprint density at radius 3 is 1.22 bits per heavy atom. The fourth-order valence-corrected chi connectivity index (χ4v) is 14.6. The molecule has 0 aliphatic heterocycles. The zero-order chi connectivity index (χ0) is 88.1. The number of nitrogens with one attached hydrogen (secondary N) is 1. The number of carboxylic acids is 2. The Morgan fingerprint density at radius 2 is 0.877 bits per heavy atom. The Kier molecular flexibility index (Phi) is 37.3. The number of ether oxygens (including phenoxy) is 3. The number of para-hydroxylation sites is 4. The lowest BCUT2D eigenvalue weighted by Gasteiger charge is -2.28. The van der Waals surface area contributed by atoms with Gasteiger partial charge in [0, 0.05) is 98.8 Å². The van der Waals surface area contributed by atoms with Crippen molar-refractivity contribution in [3.8, 4) is 22.9 Å². The maximum atomic E-state index is 13.0. The molecule has 666 valence electrons. The maximum Gasteiger partial charge on any atom is 0.410 e. The fourth-order valence-electron chi connectivity index (χ4n) is 14.6. The van der Waals surface area contributed by atoms with Crippen molar-refractivity contribution in [1.82, 2.24) is 56.0 Å². The summed E-state index contributed by atoms with van der Waals surface area (Å²) in [7, 11) is 9.09. The molecule has 0 spiro atoms. The van der Waals surface area contributed by atoms with Gasteiger partial charge in [0.05, 0.1) is 35.4 Å². The number of aromatic nitrogens is 5. The Balaban J connectivity index is 0.000000228. The number of aromatic carboxylic acids is 1. The number of Topliss-reactive ketones (excluding diaryl/α,β-unsaturated/α-hetero) is 1. The number of benzene rings is 4. The van der Waals surface area contributed by atoms with Crippen molar-refractivity contribution >= 4 is 94.0 Å². The van der Waals surface area contributed by atoms with E-state index in [1.807, 2.05) is 188 Å². The van der Waals surface area contributed by atoms with Gasteiger partial charge in [-0.25, -0.2) is 44.1 Å². The number of alkyl halides is 1. The van der Waals surface area contributed by atoms with Crippen LogP contribution in [-0.2, 0) is 28.6 Å². The van der Waals surface area contributed by atoms with Crippen LogP contribution in [0.4, 0.5) is 14.4 Å². The predicted molar refractivity (Wildman–Crippen MR) is 467 cm³/mol. The number of carboxylic acid groups (broad SMARTS) is 2. The first-order chi connectivity index (χ1) is 56.5. The minimum absolute atomic E-state index is 0. The van der Waals surface area contributed by atoms with E-state index in [9.17, 15) is 38.4 Å². The number of hydrogen-bond donors (Lipinski definition) is 5. The van der Waals surface area contributed by atoms with Gasteiger partial charge in [-0.1, -0.05) is 24.3 Å². The smallest absolute Gasteiger partial charge is 0.410 e. The number of carbonyl (C=O) groups is 8. The second-order valence-electron chi connectivity index (χ2n) is 34.3. The third-order valence-electron chi connectivity index (χ3n) is 21.3. The van der Waals surface area contributed by atoms with E-state index >= 15 is 0 Å². The lowest BCUT2D eigenvalue weighted by molar-refractivity contribution is -0.141. The highest BCUT2D eigenvalue weighted by atomic mass is 35.5. The lowest BCUT2D eigenvalue weighted by Crippen LogP contribution is -2.40. The van der Waals surface area contributed by atoms with Gasteiger partial charge in [0.15, 0.2) is 28.8 Å². The highest BCUT2D eigenvalue weighted by Gasteiger charge is 2.39. The summed E-state index contributed by atoms with van der Waals surface area (Å²) in [5.74, 6) is 4.18. The van der Waals surface area contributed by atoms with Crippen molar-refractivity contribution in [2.75, 3.05) is 41.1 Å². The number of nitrogens with two attached hydrogens (primary N) is 1. The molecule has 5 aliphatic carbocycles. The van der Waals surface area contributed by atoms with Gasteiger partial charge in [-0.15, -0.1) is 24.0 Å². The van der Waals surface area contributed by atoms with E-state index in [2.05, 4.69) is 30.2 Å². The number of hydrogen-bond acceptors (Lipinski definition) is 23. The van der Waals surface area contributed by atoms with Gasteiger partial charge in [0.25, 0.3) is 5.91 Å². The average molecular weight is 1730 g/mol. The number of carbonyl (C=O) groups excluding carboxylic acids is 6. The van der Waals surface area contributed by atoms with Gasteiger partial charge >= 0.3 is 30.2 Å². The minimum Gasteiger partial charge on any atom is -0.481 e. The van der Waals surface area contributed by atoms with Gasteiger partial charge in [-0.2, -0.15) is 0 Å². The highest BCUT2D eigenvalue weighted by Crippen LogP contribution is 2.40. The molecule has 10 atom stereocenters. The molecule has 0 radical (unpaired) electrons. The average Bonchev–Trinajstić information content (AvgIpc) is 1.68. The van der Waals surface area contributed by atoms with Crippen LogP contribution < -0.4 is 17.2 Å². The molecular weight excluding hydrogens is 1610 g/mol. The van der Waals surface area contributed by atoms with Crippen LogP contribution in [0, 0.1) is 32.6 Å². The summed E-state index contributed by atoms with van der Waals surface area (Å²) in [5, 5.41) is 21.0. The van der Waals surface area contributed by atoms with Gasteiger partial charge in [0.1, 0.15) is 51.4 Å². The van der Waals surface area contributed by atoms with Gasteiger partial charge < -0.3 is 83.3 Å². The number of primary amides is 1. The van der Waals surface area contributed by atoms with E-state index < -0.39 is 28.7 Å². The first kappa shape index (κ1) is 100. The van der Waals surface area contributed by atoms with Crippen molar-refractivity contribution in [3.63, 3.8) is 0 Å². The SMILES string of the molecule is CC(=O)CCl.CN(C(=O)OC(C)(C)C)C1CCC(C(=O)O)C1.CN(C(=O)OC(C)(C)C)C1CCC(C(N)=O)C1.CNC1CCC(c2ncc(C)o2)C1.Cc1cnc(C2CCC(N(C)C(=O)c3ccc(-c4nc5ccccc5o4)cc3)C2)o1.Cc1coc(C2CCC(N(C)C(=O)OC(C)(C)C)C2)n1.Cl.N.O=C(O)c1ccc(-c2nc3ccccc3o2)cc1. The molecule has 5 saturated carbocycles.